The number of amides is 2. The van der Waals surface area contributed by atoms with Gasteiger partial charge in [0.25, 0.3) is 0 Å². The number of thiazole rings is 1. The van der Waals surface area contributed by atoms with E-state index < -0.39 is 0 Å². The Morgan fingerprint density at radius 3 is 2.60 bits per heavy atom. The Morgan fingerprint density at radius 1 is 1.12 bits per heavy atom. The van der Waals surface area contributed by atoms with E-state index in [-0.39, 0.29) is 11.8 Å². The third-order valence-electron chi connectivity index (χ3n) is 3.24. The van der Waals surface area contributed by atoms with Crippen molar-refractivity contribution in [2.24, 2.45) is 0 Å². The van der Waals surface area contributed by atoms with Gasteiger partial charge in [-0.05, 0) is 42.0 Å². The van der Waals surface area contributed by atoms with Gasteiger partial charge in [0.15, 0.2) is 5.13 Å². The maximum atomic E-state index is 12.0. The molecule has 7 heteroatoms. The van der Waals surface area contributed by atoms with Crippen LogP contribution in [0.25, 0.3) is 16.3 Å². The van der Waals surface area contributed by atoms with E-state index in [9.17, 15) is 9.59 Å². The van der Waals surface area contributed by atoms with Crippen molar-refractivity contribution in [1.29, 1.82) is 0 Å². The summed E-state index contributed by atoms with van der Waals surface area (Å²) in [6.07, 6.45) is 3.13. The molecule has 0 aliphatic rings. The molecule has 0 aliphatic carbocycles. The van der Waals surface area contributed by atoms with Crippen molar-refractivity contribution in [3.8, 4) is 0 Å². The molecule has 0 unspecified atom stereocenters. The molecule has 3 aromatic rings. The van der Waals surface area contributed by atoms with E-state index >= 15 is 0 Å². The molecule has 0 atom stereocenters. The van der Waals surface area contributed by atoms with Gasteiger partial charge in [-0.1, -0.05) is 35.1 Å². The minimum Gasteiger partial charge on any atom is -0.326 e. The number of nitrogens with zero attached hydrogens (tertiary/aromatic N) is 1. The summed E-state index contributed by atoms with van der Waals surface area (Å²) in [7, 11) is 0. The monoisotopic (exact) mass is 371 g/mol. The second-order valence-electron chi connectivity index (χ2n) is 5.26. The van der Waals surface area contributed by atoms with Gasteiger partial charge in [-0.15, -0.1) is 0 Å². The maximum absolute atomic E-state index is 12.0. The fourth-order valence-electron chi connectivity index (χ4n) is 2.15. The number of hydrogen-bond acceptors (Lipinski definition) is 4. The summed E-state index contributed by atoms with van der Waals surface area (Å²) < 4.78 is 0.917. The predicted octanol–water partition coefficient (Wildman–Crippen LogP) is 4.56. The molecule has 0 radical (unpaired) electrons. The second kappa shape index (κ2) is 7.46. The van der Waals surface area contributed by atoms with Gasteiger partial charge in [0, 0.05) is 23.7 Å². The number of anilines is 2. The molecule has 0 saturated heterocycles. The Bertz CT molecular complexity index is 964. The molecule has 1 aromatic heterocycles. The number of fused-ring (bicyclic) bond motifs is 1. The fourth-order valence-corrected chi connectivity index (χ4v) is 3.30. The molecule has 2 N–H and O–H groups in total. The molecule has 1 heterocycles. The van der Waals surface area contributed by atoms with Crippen LogP contribution in [0, 0.1) is 0 Å². The van der Waals surface area contributed by atoms with Gasteiger partial charge in [-0.2, -0.15) is 0 Å². The molecule has 2 amide bonds. The lowest BCUT2D eigenvalue weighted by Gasteiger charge is -2.01. The van der Waals surface area contributed by atoms with Crippen molar-refractivity contribution >= 4 is 61.9 Å². The van der Waals surface area contributed by atoms with Crippen LogP contribution < -0.4 is 10.6 Å². The van der Waals surface area contributed by atoms with Crippen molar-refractivity contribution in [2.45, 2.75) is 6.92 Å². The largest absolute Gasteiger partial charge is 0.326 e. The van der Waals surface area contributed by atoms with Crippen LogP contribution in [0.5, 0.6) is 0 Å². The zero-order valence-corrected chi connectivity index (χ0v) is 14.8. The van der Waals surface area contributed by atoms with Gasteiger partial charge < -0.3 is 5.32 Å². The van der Waals surface area contributed by atoms with Crippen LogP contribution >= 0.6 is 22.9 Å². The SMILES string of the molecule is CC(=O)Nc1ccc(/C=C/C(=O)Nc2nc3ccc(Cl)cc3s2)cc1. The van der Waals surface area contributed by atoms with Crippen LogP contribution in [0.4, 0.5) is 10.8 Å². The first-order chi connectivity index (χ1) is 12.0. The summed E-state index contributed by atoms with van der Waals surface area (Å²) in [5.41, 5.74) is 2.35. The van der Waals surface area contributed by atoms with Crippen LogP contribution in [-0.2, 0) is 9.59 Å². The third-order valence-corrected chi connectivity index (χ3v) is 4.41. The van der Waals surface area contributed by atoms with Crippen molar-refractivity contribution in [3.05, 3.63) is 59.1 Å². The lowest BCUT2D eigenvalue weighted by Crippen LogP contribution is -2.07. The molecule has 0 fully saturated rings. The molecular formula is C18H14ClN3O2S. The summed E-state index contributed by atoms with van der Waals surface area (Å²) in [6, 6.07) is 12.6. The van der Waals surface area contributed by atoms with E-state index in [1.807, 2.05) is 24.3 Å². The highest BCUT2D eigenvalue weighted by molar-refractivity contribution is 7.22. The van der Waals surface area contributed by atoms with E-state index in [0.29, 0.717) is 15.8 Å². The average Bonchev–Trinajstić information content (AvgIpc) is 2.95. The first-order valence-electron chi connectivity index (χ1n) is 7.42. The fraction of sp³-hybridized carbons (Fsp3) is 0.0556. The Hall–Kier alpha value is -2.70. The number of hydrogen-bond donors (Lipinski definition) is 2. The van der Waals surface area contributed by atoms with Gasteiger partial charge >= 0.3 is 0 Å². The normalized spacial score (nSPS) is 11.0. The van der Waals surface area contributed by atoms with E-state index in [1.165, 1.54) is 24.3 Å². The molecular weight excluding hydrogens is 358 g/mol. The Morgan fingerprint density at radius 2 is 1.88 bits per heavy atom. The molecule has 0 bridgehead atoms. The summed E-state index contributed by atoms with van der Waals surface area (Å²) in [5, 5.41) is 6.58. The molecule has 2 aromatic carbocycles. The van der Waals surface area contributed by atoms with E-state index in [1.54, 1.807) is 24.3 Å². The van der Waals surface area contributed by atoms with Crippen LogP contribution in [0.15, 0.2) is 48.5 Å². The first kappa shape index (κ1) is 17.1. The van der Waals surface area contributed by atoms with E-state index in [0.717, 1.165) is 15.8 Å². The Kier molecular flexibility index (Phi) is 5.11. The van der Waals surface area contributed by atoms with Crippen LogP contribution in [0.3, 0.4) is 0 Å². The number of nitrogens with one attached hydrogen (secondary N) is 2. The highest BCUT2D eigenvalue weighted by Gasteiger charge is 2.06. The standard InChI is InChI=1S/C18H14ClN3O2S/c1-11(23)20-14-6-2-12(3-7-14)4-9-17(24)22-18-21-15-8-5-13(19)10-16(15)25-18/h2-10H,1H3,(H,20,23)(H,21,22,24)/b9-4+. The van der Waals surface area contributed by atoms with E-state index in [2.05, 4.69) is 15.6 Å². The van der Waals surface area contributed by atoms with Crippen molar-refractivity contribution in [2.75, 3.05) is 10.6 Å². The molecule has 0 spiro atoms. The van der Waals surface area contributed by atoms with Crippen molar-refractivity contribution in [1.82, 2.24) is 4.98 Å². The predicted molar refractivity (Wildman–Crippen MR) is 103 cm³/mol. The van der Waals surface area contributed by atoms with Gasteiger partial charge in [0.1, 0.15) is 0 Å². The molecule has 25 heavy (non-hydrogen) atoms. The molecule has 0 saturated carbocycles. The lowest BCUT2D eigenvalue weighted by molar-refractivity contribution is -0.114. The average molecular weight is 372 g/mol. The van der Waals surface area contributed by atoms with Gasteiger partial charge in [-0.3, -0.25) is 14.9 Å². The highest BCUT2D eigenvalue weighted by Crippen LogP contribution is 2.28. The van der Waals surface area contributed by atoms with Crippen molar-refractivity contribution in [3.63, 3.8) is 0 Å². The zero-order valence-electron chi connectivity index (χ0n) is 13.2. The molecule has 3 rings (SSSR count). The number of carbonyl (C=O) groups excluding carboxylic acids is 2. The van der Waals surface area contributed by atoms with Crippen molar-refractivity contribution < 1.29 is 9.59 Å². The minimum absolute atomic E-state index is 0.125. The number of halogens is 1. The minimum atomic E-state index is -0.268. The topological polar surface area (TPSA) is 71.1 Å². The van der Waals surface area contributed by atoms with E-state index in [4.69, 9.17) is 11.6 Å². The molecule has 5 nitrogen and oxygen atoms in total. The van der Waals surface area contributed by atoms with Gasteiger partial charge in [-0.25, -0.2) is 4.98 Å². The number of benzene rings is 2. The van der Waals surface area contributed by atoms with Crippen LogP contribution in [0.2, 0.25) is 5.02 Å². The van der Waals surface area contributed by atoms with Gasteiger partial charge in [0.2, 0.25) is 11.8 Å². The second-order valence-corrected chi connectivity index (χ2v) is 6.72. The summed E-state index contributed by atoms with van der Waals surface area (Å²) in [5.74, 6) is -0.393. The third kappa shape index (κ3) is 4.65. The Labute approximate surface area is 153 Å². The number of rotatable bonds is 4. The summed E-state index contributed by atoms with van der Waals surface area (Å²) >= 11 is 7.31. The van der Waals surface area contributed by atoms with Crippen LogP contribution in [-0.4, -0.2) is 16.8 Å². The van der Waals surface area contributed by atoms with Gasteiger partial charge in [0.05, 0.1) is 10.2 Å². The summed E-state index contributed by atoms with van der Waals surface area (Å²) in [4.78, 5) is 27.3. The molecule has 126 valence electrons. The first-order valence-corrected chi connectivity index (χ1v) is 8.62. The highest BCUT2D eigenvalue weighted by atomic mass is 35.5. The number of carbonyl (C=O) groups is 2. The quantitative estimate of drug-likeness (QED) is 0.660. The number of aromatic nitrogens is 1. The Balaban J connectivity index is 1.64. The smallest absolute Gasteiger partial charge is 0.250 e. The zero-order chi connectivity index (χ0) is 17.8. The maximum Gasteiger partial charge on any atom is 0.250 e. The van der Waals surface area contributed by atoms with Crippen LogP contribution in [0.1, 0.15) is 12.5 Å². The summed E-state index contributed by atoms with van der Waals surface area (Å²) in [6.45, 7) is 1.45. The lowest BCUT2D eigenvalue weighted by atomic mass is 10.2. The molecule has 0 aliphatic heterocycles.